The zero-order valence-electron chi connectivity index (χ0n) is 16.3. The quantitative estimate of drug-likeness (QED) is 0.724. The van der Waals surface area contributed by atoms with Gasteiger partial charge in [-0.3, -0.25) is 29.0 Å². The molecule has 0 aromatic heterocycles. The Bertz CT molecular complexity index is 880. The number of carbonyl (C=O) groups excluding carboxylic acids is 4. The van der Waals surface area contributed by atoms with E-state index in [2.05, 4.69) is 0 Å². The van der Waals surface area contributed by atoms with Gasteiger partial charge in [0.15, 0.2) is 6.61 Å². The van der Waals surface area contributed by atoms with Crippen LogP contribution in [0, 0.1) is 0 Å². The lowest BCUT2D eigenvalue weighted by Gasteiger charge is -2.24. The largest absolute Gasteiger partial charge is 0.443 e. The molecule has 0 aliphatic carbocycles. The predicted molar refractivity (Wildman–Crippen MR) is 101 cm³/mol. The molecular weight excluding hydrogens is 378 g/mol. The maximum Gasteiger partial charge on any atom is 0.414 e. The number of benzene rings is 1. The monoisotopic (exact) mass is 399 g/mol. The Kier molecular flexibility index (Phi) is 5.51. The minimum Gasteiger partial charge on any atom is -0.443 e. The fourth-order valence-electron chi connectivity index (χ4n) is 2.64. The average Bonchev–Trinajstić information content (AvgIpc) is 2.83. The van der Waals surface area contributed by atoms with Crippen LogP contribution < -0.4 is 0 Å². The zero-order valence-corrected chi connectivity index (χ0v) is 16.3. The molecule has 4 amide bonds. The van der Waals surface area contributed by atoms with Crippen molar-refractivity contribution in [1.82, 2.24) is 14.9 Å². The van der Waals surface area contributed by atoms with Gasteiger partial charge in [0.1, 0.15) is 5.60 Å². The van der Waals surface area contributed by atoms with Crippen molar-refractivity contribution in [2.24, 2.45) is 0 Å². The Hall–Kier alpha value is -3.46. The molecule has 9 heteroatoms. The number of amides is 4. The molecule has 2 aliphatic heterocycles. The minimum absolute atomic E-state index is 0.217. The molecule has 0 spiro atoms. The highest BCUT2D eigenvalue weighted by molar-refractivity contribution is 6.20. The molecule has 0 N–H and O–H groups in total. The number of hydroxylamine groups is 2. The molecule has 0 atom stereocenters. The summed E-state index contributed by atoms with van der Waals surface area (Å²) in [6.45, 7) is 4.96. The summed E-state index contributed by atoms with van der Waals surface area (Å²) < 4.78 is 5.29. The number of fused-ring (bicyclic) bond motifs is 1. The fourth-order valence-corrected chi connectivity index (χ4v) is 2.64. The summed E-state index contributed by atoms with van der Waals surface area (Å²) in [6.07, 6.45) is 5.31. The summed E-state index contributed by atoms with van der Waals surface area (Å²) >= 11 is 0. The molecule has 0 saturated carbocycles. The number of ether oxygens (including phenoxy) is 1. The number of rotatable bonds is 3. The summed E-state index contributed by atoms with van der Waals surface area (Å²) in [5.41, 5.74) is -0.184. The van der Waals surface area contributed by atoms with Crippen LogP contribution in [0.2, 0.25) is 0 Å². The molecule has 0 fully saturated rings. The van der Waals surface area contributed by atoms with Crippen molar-refractivity contribution < 1.29 is 28.8 Å². The SMILES string of the molecule is CC(C)(C)OC(=O)N1C=CN(C(=O)CON2C(=O)c3ccccc3C2=O)C=CC1. The van der Waals surface area contributed by atoms with Crippen LogP contribution in [0.1, 0.15) is 41.5 Å². The molecule has 1 aromatic carbocycles. The van der Waals surface area contributed by atoms with Crippen LogP contribution >= 0.6 is 0 Å². The first-order valence-electron chi connectivity index (χ1n) is 8.94. The fraction of sp³-hybridized carbons (Fsp3) is 0.300. The summed E-state index contributed by atoms with van der Waals surface area (Å²) in [5, 5.41) is 0.584. The molecular formula is C20H21N3O6. The van der Waals surface area contributed by atoms with E-state index in [9.17, 15) is 19.2 Å². The van der Waals surface area contributed by atoms with Crippen LogP contribution in [-0.2, 0) is 14.4 Å². The Morgan fingerprint density at radius 2 is 1.62 bits per heavy atom. The van der Waals surface area contributed by atoms with Gasteiger partial charge in [0.05, 0.1) is 11.1 Å². The van der Waals surface area contributed by atoms with Gasteiger partial charge in [-0.05, 0) is 39.0 Å². The molecule has 0 bridgehead atoms. The number of imide groups is 1. The minimum atomic E-state index is -0.642. The van der Waals surface area contributed by atoms with Gasteiger partial charge in [0.25, 0.3) is 17.7 Å². The van der Waals surface area contributed by atoms with E-state index in [0.29, 0.717) is 5.06 Å². The van der Waals surface area contributed by atoms with Gasteiger partial charge < -0.3 is 4.74 Å². The lowest BCUT2D eigenvalue weighted by Crippen LogP contribution is -2.35. The number of nitrogens with zero attached hydrogens (tertiary/aromatic N) is 3. The van der Waals surface area contributed by atoms with Crippen molar-refractivity contribution >= 4 is 23.8 Å². The van der Waals surface area contributed by atoms with E-state index in [1.54, 1.807) is 39.0 Å². The highest BCUT2D eigenvalue weighted by Crippen LogP contribution is 2.22. The molecule has 0 saturated heterocycles. The molecule has 2 aliphatic rings. The second-order valence-corrected chi connectivity index (χ2v) is 7.34. The van der Waals surface area contributed by atoms with Crippen LogP contribution in [0.25, 0.3) is 0 Å². The Balaban J connectivity index is 1.59. The molecule has 1 aromatic rings. The Morgan fingerprint density at radius 3 is 2.21 bits per heavy atom. The van der Waals surface area contributed by atoms with Crippen molar-refractivity contribution in [3.8, 4) is 0 Å². The van der Waals surface area contributed by atoms with Crippen molar-refractivity contribution in [3.05, 3.63) is 60.1 Å². The number of hydrogen-bond acceptors (Lipinski definition) is 6. The highest BCUT2D eigenvalue weighted by atomic mass is 16.7. The molecule has 9 nitrogen and oxygen atoms in total. The standard InChI is InChI=1S/C20H21N3O6/c1-20(2,3)29-19(27)22-10-6-9-21(11-12-22)16(24)13-28-23-17(25)14-7-4-5-8-15(14)18(23)26/h4-9,11-12H,10,13H2,1-3H3. The summed E-state index contributed by atoms with van der Waals surface area (Å²) in [4.78, 5) is 56.7. The maximum absolute atomic E-state index is 12.4. The van der Waals surface area contributed by atoms with Crippen molar-refractivity contribution in [1.29, 1.82) is 0 Å². The van der Waals surface area contributed by atoms with E-state index in [0.717, 1.165) is 0 Å². The van der Waals surface area contributed by atoms with Gasteiger partial charge in [-0.15, -0.1) is 5.06 Å². The van der Waals surface area contributed by atoms with E-state index in [-0.39, 0.29) is 17.7 Å². The third-order valence-electron chi connectivity index (χ3n) is 3.97. The molecule has 0 radical (unpaired) electrons. The molecule has 2 heterocycles. The second kappa shape index (κ2) is 7.88. The van der Waals surface area contributed by atoms with Gasteiger partial charge in [-0.2, -0.15) is 0 Å². The van der Waals surface area contributed by atoms with Crippen molar-refractivity contribution in [3.63, 3.8) is 0 Å². The molecule has 29 heavy (non-hydrogen) atoms. The normalized spacial score (nSPS) is 16.2. The van der Waals surface area contributed by atoms with E-state index in [1.807, 2.05) is 0 Å². The van der Waals surface area contributed by atoms with Crippen LogP contribution in [0.5, 0.6) is 0 Å². The maximum atomic E-state index is 12.4. The average molecular weight is 399 g/mol. The molecule has 3 rings (SSSR count). The van der Waals surface area contributed by atoms with Gasteiger partial charge in [-0.25, -0.2) is 4.79 Å². The van der Waals surface area contributed by atoms with E-state index in [4.69, 9.17) is 9.57 Å². The van der Waals surface area contributed by atoms with E-state index in [1.165, 1.54) is 40.5 Å². The van der Waals surface area contributed by atoms with Crippen LogP contribution in [-0.4, -0.2) is 57.4 Å². The summed E-state index contributed by atoms with van der Waals surface area (Å²) in [6, 6.07) is 6.32. The third-order valence-corrected chi connectivity index (χ3v) is 3.97. The third kappa shape index (κ3) is 4.52. The van der Waals surface area contributed by atoms with Crippen LogP contribution in [0.15, 0.2) is 48.9 Å². The summed E-state index contributed by atoms with van der Waals surface area (Å²) in [7, 11) is 0. The smallest absolute Gasteiger partial charge is 0.414 e. The topological polar surface area (TPSA) is 96.5 Å². The highest BCUT2D eigenvalue weighted by Gasteiger charge is 2.37. The first-order chi connectivity index (χ1) is 13.7. The van der Waals surface area contributed by atoms with Gasteiger partial charge in [0.2, 0.25) is 0 Å². The predicted octanol–water partition coefficient (Wildman–Crippen LogP) is 2.28. The summed E-state index contributed by atoms with van der Waals surface area (Å²) in [5.74, 6) is -1.76. The van der Waals surface area contributed by atoms with Crippen molar-refractivity contribution in [2.45, 2.75) is 26.4 Å². The lowest BCUT2D eigenvalue weighted by molar-refractivity contribution is -0.144. The van der Waals surface area contributed by atoms with Crippen molar-refractivity contribution in [2.75, 3.05) is 13.2 Å². The van der Waals surface area contributed by atoms with Gasteiger partial charge in [0, 0.05) is 25.1 Å². The van der Waals surface area contributed by atoms with E-state index >= 15 is 0 Å². The van der Waals surface area contributed by atoms with Crippen LogP contribution in [0.3, 0.4) is 0 Å². The lowest BCUT2D eigenvalue weighted by atomic mass is 10.1. The van der Waals surface area contributed by atoms with E-state index < -0.39 is 36.0 Å². The van der Waals surface area contributed by atoms with Gasteiger partial charge in [-0.1, -0.05) is 12.1 Å². The first-order valence-corrected chi connectivity index (χ1v) is 8.94. The molecule has 152 valence electrons. The number of carbonyl (C=O) groups is 4. The zero-order chi connectivity index (χ0) is 21.2. The Labute approximate surface area is 167 Å². The van der Waals surface area contributed by atoms with Crippen LogP contribution in [0.4, 0.5) is 4.79 Å². The second-order valence-electron chi connectivity index (χ2n) is 7.34. The molecule has 0 unspecified atom stereocenters. The number of hydrogen-bond donors (Lipinski definition) is 0. The Morgan fingerprint density at radius 1 is 1.00 bits per heavy atom. The van der Waals surface area contributed by atoms with Gasteiger partial charge >= 0.3 is 6.09 Å². The first kappa shape index (κ1) is 20.3.